The molecular weight excluding hydrogens is 255 g/mol. The number of amides is 1. The maximum atomic E-state index is 12.9. The second kappa shape index (κ2) is 6.04. The third-order valence-electron chi connectivity index (χ3n) is 4.07. The molecule has 1 aromatic rings. The summed E-state index contributed by atoms with van der Waals surface area (Å²) in [6.45, 7) is 1.85. The van der Waals surface area contributed by atoms with Crippen LogP contribution in [0.3, 0.4) is 0 Å². The maximum absolute atomic E-state index is 12.9. The molecule has 1 aromatic carbocycles. The van der Waals surface area contributed by atoms with Crippen LogP contribution < -0.4 is 5.32 Å². The van der Waals surface area contributed by atoms with Gasteiger partial charge in [0.25, 0.3) is 0 Å². The molecular formula is C16H19FN2O. The molecule has 1 aliphatic carbocycles. The van der Waals surface area contributed by atoms with E-state index in [9.17, 15) is 14.4 Å². The van der Waals surface area contributed by atoms with Gasteiger partial charge in [-0.2, -0.15) is 5.26 Å². The molecule has 2 rings (SSSR count). The molecule has 1 fully saturated rings. The van der Waals surface area contributed by atoms with Crippen LogP contribution >= 0.6 is 0 Å². The van der Waals surface area contributed by atoms with Crippen molar-refractivity contribution in [3.05, 3.63) is 35.6 Å². The number of halogens is 1. The summed E-state index contributed by atoms with van der Waals surface area (Å²) in [5.41, 5.74) is -0.0457. The van der Waals surface area contributed by atoms with Gasteiger partial charge >= 0.3 is 0 Å². The third-order valence-corrected chi connectivity index (χ3v) is 4.07. The molecule has 0 bridgehead atoms. The second-order valence-electron chi connectivity index (χ2n) is 5.50. The Morgan fingerprint density at radius 2 is 1.90 bits per heavy atom. The number of carbonyl (C=O) groups is 1. The van der Waals surface area contributed by atoms with Crippen molar-refractivity contribution < 1.29 is 9.18 Å². The highest BCUT2D eigenvalue weighted by Gasteiger charge is 2.40. The Morgan fingerprint density at radius 3 is 2.45 bits per heavy atom. The molecule has 0 saturated heterocycles. The average molecular weight is 274 g/mol. The van der Waals surface area contributed by atoms with Crippen molar-refractivity contribution in [1.82, 2.24) is 5.32 Å². The maximum Gasteiger partial charge on any atom is 0.240 e. The summed E-state index contributed by atoms with van der Waals surface area (Å²) in [5.74, 6) is -0.496. The lowest BCUT2D eigenvalue weighted by atomic mass is 9.74. The van der Waals surface area contributed by atoms with Crippen LogP contribution in [0.4, 0.5) is 4.39 Å². The van der Waals surface area contributed by atoms with Crippen LogP contribution in [0, 0.1) is 22.6 Å². The first-order chi connectivity index (χ1) is 9.57. The van der Waals surface area contributed by atoms with Crippen molar-refractivity contribution in [3.8, 4) is 6.07 Å². The zero-order chi connectivity index (χ0) is 14.6. The average Bonchev–Trinajstić information content (AvgIpc) is 2.48. The van der Waals surface area contributed by atoms with Crippen LogP contribution in [0.2, 0.25) is 0 Å². The van der Waals surface area contributed by atoms with Crippen molar-refractivity contribution in [1.29, 1.82) is 5.26 Å². The van der Waals surface area contributed by atoms with Gasteiger partial charge in [-0.25, -0.2) is 4.39 Å². The molecule has 1 N–H and O–H groups in total. The Morgan fingerprint density at radius 1 is 1.30 bits per heavy atom. The summed E-state index contributed by atoms with van der Waals surface area (Å²) in [6, 6.07) is 8.04. The van der Waals surface area contributed by atoms with E-state index in [-0.39, 0.29) is 17.8 Å². The Labute approximate surface area is 118 Å². The topological polar surface area (TPSA) is 52.9 Å². The van der Waals surface area contributed by atoms with Gasteiger partial charge < -0.3 is 5.32 Å². The van der Waals surface area contributed by atoms with Crippen LogP contribution in [0.5, 0.6) is 0 Å². The van der Waals surface area contributed by atoms with Gasteiger partial charge in [-0.3, -0.25) is 4.79 Å². The molecule has 1 amide bonds. The van der Waals surface area contributed by atoms with Crippen LogP contribution in [0.25, 0.3) is 0 Å². The van der Waals surface area contributed by atoms with Gasteiger partial charge in [0.05, 0.1) is 12.1 Å². The smallest absolute Gasteiger partial charge is 0.240 e. The minimum absolute atomic E-state index is 0.198. The van der Waals surface area contributed by atoms with Crippen LogP contribution in [0.1, 0.15) is 50.6 Å². The SMILES string of the molecule is CC(NC(=O)C1(C#N)CCCCC1)c1ccc(F)cc1. The highest BCUT2D eigenvalue weighted by Crippen LogP contribution is 2.36. The minimum Gasteiger partial charge on any atom is -0.348 e. The second-order valence-corrected chi connectivity index (χ2v) is 5.50. The number of carbonyl (C=O) groups excluding carboxylic acids is 1. The number of nitrogens with zero attached hydrogens (tertiary/aromatic N) is 1. The van der Waals surface area contributed by atoms with Crippen molar-refractivity contribution in [2.75, 3.05) is 0 Å². The molecule has 0 radical (unpaired) electrons. The van der Waals surface area contributed by atoms with Gasteiger partial charge in [0.1, 0.15) is 11.2 Å². The first kappa shape index (κ1) is 14.5. The van der Waals surface area contributed by atoms with Gasteiger partial charge in [-0.15, -0.1) is 0 Å². The monoisotopic (exact) mass is 274 g/mol. The van der Waals surface area contributed by atoms with E-state index in [2.05, 4.69) is 11.4 Å². The van der Waals surface area contributed by atoms with Gasteiger partial charge in [0.15, 0.2) is 0 Å². The molecule has 1 atom stereocenters. The van der Waals surface area contributed by atoms with Crippen LogP contribution in [0.15, 0.2) is 24.3 Å². The molecule has 0 heterocycles. The van der Waals surface area contributed by atoms with E-state index >= 15 is 0 Å². The van der Waals surface area contributed by atoms with E-state index in [1.807, 2.05) is 6.92 Å². The van der Waals surface area contributed by atoms with Crippen molar-refractivity contribution in [2.45, 2.75) is 45.1 Å². The van der Waals surface area contributed by atoms with E-state index in [0.29, 0.717) is 12.8 Å². The van der Waals surface area contributed by atoms with E-state index in [4.69, 9.17) is 0 Å². The number of rotatable bonds is 3. The lowest BCUT2D eigenvalue weighted by Crippen LogP contribution is -2.42. The Bertz CT molecular complexity index is 512. The molecule has 3 nitrogen and oxygen atoms in total. The quantitative estimate of drug-likeness (QED) is 0.917. The summed E-state index contributed by atoms with van der Waals surface area (Å²) in [4.78, 5) is 12.4. The summed E-state index contributed by atoms with van der Waals surface area (Å²) in [6.07, 6.45) is 4.19. The fourth-order valence-corrected chi connectivity index (χ4v) is 2.71. The Hall–Kier alpha value is -1.89. The molecule has 1 saturated carbocycles. The largest absolute Gasteiger partial charge is 0.348 e. The molecule has 20 heavy (non-hydrogen) atoms. The van der Waals surface area contributed by atoms with Gasteiger partial charge in [0, 0.05) is 0 Å². The molecule has 0 aliphatic heterocycles. The molecule has 1 aliphatic rings. The lowest BCUT2D eigenvalue weighted by molar-refractivity contribution is -0.130. The highest BCUT2D eigenvalue weighted by atomic mass is 19.1. The fourth-order valence-electron chi connectivity index (χ4n) is 2.71. The number of benzene rings is 1. The van der Waals surface area contributed by atoms with E-state index in [1.54, 1.807) is 12.1 Å². The first-order valence-corrected chi connectivity index (χ1v) is 7.05. The van der Waals surface area contributed by atoms with Crippen molar-refractivity contribution >= 4 is 5.91 Å². The van der Waals surface area contributed by atoms with Gasteiger partial charge in [0.2, 0.25) is 5.91 Å². The van der Waals surface area contributed by atoms with Crippen LogP contribution in [-0.4, -0.2) is 5.91 Å². The van der Waals surface area contributed by atoms with Crippen molar-refractivity contribution in [2.24, 2.45) is 5.41 Å². The number of nitriles is 1. The predicted octanol–water partition coefficient (Wildman–Crippen LogP) is 3.48. The molecule has 0 aromatic heterocycles. The predicted molar refractivity (Wildman–Crippen MR) is 74.1 cm³/mol. The number of hydrogen-bond acceptors (Lipinski definition) is 2. The zero-order valence-electron chi connectivity index (χ0n) is 11.7. The summed E-state index contributed by atoms with van der Waals surface area (Å²) >= 11 is 0. The highest BCUT2D eigenvalue weighted by molar-refractivity contribution is 5.85. The fraction of sp³-hybridized carbons (Fsp3) is 0.500. The van der Waals surface area contributed by atoms with E-state index in [1.165, 1.54) is 12.1 Å². The van der Waals surface area contributed by atoms with Crippen molar-refractivity contribution in [3.63, 3.8) is 0 Å². The Balaban J connectivity index is 2.06. The van der Waals surface area contributed by atoms with E-state index < -0.39 is 5.41 Å². The molecule has 1 unspecified atom stereocenters. The number of hydrogen-bond donors (Lipinski definition) is 1. The Kier molecular flexibility index (Phi) is 4.39. The summed E-state index contributed by atoms with van der Waals surface area (Å²) in [7, 11) is 0. The summed E-state index contributed by atoms with van der Waals surface area (Å²) in [5, 5.41) is 12.3. The third kappa shape index (κ3) is 2.98. The lowest BCUT2D eigenvalue weighted by Gasteiger charge is -2.30. The van der Waals surface area contributed by atoms with Crippen LogP contribution in [-0.2, 0) is 4.79 Å². The number of nitrogens with one attached hydrogen (secondary N) is 1. The van der Waals surface area contributed by atoms with Gasteiger partial charge in [-0.1, -0.05) is 31.4 Å². The summed E-state index contributed by atoms with van der Waals surface area (Å²) < 4.78 is 12.9. The zero-order valence-corrected chi connectivity index (χ0v) is 11.7. The first-order valence-electron chi connectivity index (χ1n) is 7.05. The molecule has 106 valence electrons. The molecule has 4 heteroatoms. The minimum atomic E-state index is -0.882. The van der Waals surface area contributed by atoms with E-state index in [0.717, 1.165) is 24.8 Å². The normalized spacial score (nSPS) is 18.9. The standard InChI is InChI=1S/C16H19FN2O/c1-12(13-5-7-14(17)8-6-13)19-15(20)16(11-18)9-3-2-4-10-16/h5-8,12H,2-4,9-10H2,1H3,(H,19,20). The molecule has 0 spiro atoms. The van der Waals surface area contributed by atoms with Gasteiger partial charge in [-0.05, 0) is 37.5 Å².